The molecule has 0 atom stereocenters. The second-order valence-electron chi connectivity index (χ2n) is 6.55. The van der Waals surface area contributed by atoms with Gasteiger partial charge in [0.25, 0.3) is 0 Å². The first-order valence-electron chi connectivity index (χ1n) is 9.08. The summed E-state index contributed by atoms with van der Waals surface area (Å²) in [5, 5.41) is 2.63. The van der Waals surface area contributed by atoms with Gasteiger partial charge in [-0.1, -0.05) is 0 Å². The van der Waals surface area contributed by atoms with E-state index in [0.29, 0.717) is 11.4 Å². The molecule has 2 rings (SSSR count). The molecule has 0 aliphatic heterocycles. The fraction of sp³-hybridized carbons (Fsp3) is 0.316. The number of carbonyl (C=O) groups is 1. The molecule has 0 saturated carbocycles. The molecule has 0 fully saturated rings. The van der Waals surface area contributed by atoms with Gasteiger partial charge in [-0.15, -0.1) is 11.8 Å². The van der Waals surface area contributed by atoms with Gasteiger partial charge in [-0.2, -0.15) is 0 Å². The fourth-order valence-electron chi connectivity index (χ4n) is 2.49. The highest BCUT2D eigenvalue weighted by molar-refractivity contribution is 7.98. The Hall–Kier alpha value is -2.12. The summed E-state index contributed by atoms with van der Waals surface area (Å²) in [4.78, 5) is 12.3. The molecule has 0 spiro atoms. The highest BCUT2D eigenvalue weighted by Gasteiger charge is 2.18. The Bertz CT molecular complexity index is 1130. The molecule has 170 valence electrons. The van der Waals surface area contributed by atoms with Gasteiger partial charge in [0.2, 0.25) is 26.0 Å². The van der Waals surface area contributed by atoms with Crippen LogP contribution in [0.4, 0.5) is 5.69 Å². The Labute approximate surface area is 187 Å². The van der Waals surface area contributed by atoms with Crippen molar-refractivity contribution < 1.29 is 26.4 Å². The Morgan fingerprint density at radius 3 is 2.19 bits per heavy atom. The zero-order chi connectivity index (χ0) is 23.2. The molecule has 2 N–H and O–H groups in total. The lowest BCUT2D eigenvalue weighted by Crippen LogP contribution is -2.28. The van der Waals surface area contributed by atoms with E-state index in [1.165, 1.54) is 69.2 Å². The summed E-state index contributed by atoms with van der Waals surface area (Å²) in [7, 11) is -4.45. The predicted octanol–water partition coefficient (Wildman–Crippen LogP) is 1.97. The van der Waals surface area contributed by atoms with E-state index < -0.39 is 20.0 Å². The standard InChI is InChI=1S/C19H25N3O6S3/c1-14(23)21-18-13-17(9-10-19(18)29-4)30(24,25)20-11-12-28-15-5-7-16(8-6-15)31(26,27)22(2)3/h5-10,13,20H,11-12H2,1-4H3,(H,21,23). The number of benzene rings is 2. The summed E-state index contributed by atoms with van der Waals surface area (Å²) in [6.07, 6.45) is 1.83. The third-order valence-electron chi connectivity index (χ3n) is 4.06. The number of hydrogen-bond donors (Lipinski definition) is 2. The van der Waals surface area contributed by atoms with E-state index in [1.807, 2.05) is 6.26 Å². The summed E-state index contributed by atoms with van der Waals surface area (Å²) >= 11 is 1.39. The van der Waals surface area contributed by atoms with Crippen molar-refractivity contribution in [3.63, 3.8) is 0 Å². The zero-order valence-corrected chi connectivity index (χ0v) is 20.0. The van der Waals surface area contributed by atoms with Crippen LogP contribution in [0.1, 0.15) is 6.92 Å². The summed E-state index contributed by atoms with van der Waals surface area (Å²) in [5.41, 5.74) is 0.423. The number of ether oxygens (including phenoxy) is 1. The normalized spacial score (nSPS) is 12.0. The SMILES string of the molecule is CSc1ccc(S(=O)(=O)NCCOc2ccc(S(=O)(=O)N(C)C)cc2)cc1NC(C)=O. The number of hydrogen-bond acceptors (Lipinski definition) is 7. The van der Waals surface area contributed by atoms with Crippen LogP contribution >= 0.6 is 11.8 Å². The minimum atomic E-state index is -3.81. The van der Waals surface area contributed by atoms with Crippen LogP contribution in [-0.4, -0.2) is 60.6 Å². The number of anilines is 1. The van der Waals surface area contributed by atoms with Gasteiger partial charge in [-0.25, -0.2) is 25.9 Å². The molecule has 9 nitrogen and oxygen atoms in total. The van der Waals surface area contributed by atoms with E-state index in [9.17, 15) is 21.6 Å². The number of sulfonamides is 2. The maximum atomic E-state index is 12.5. The van der Waals surface area contributed by atoms with E-state index in [1.54, 1.807) is 6.07 Å². The van der Waals surface area contributed by atoms with E-state index >= 15 is 0 Å². The van der Waals surface area contributed by atoms with Crippen LogP contribution in [0.2, 0.25) is 0 Å². The van der Waals surface area contributed by atoms with Crippen molar-refractivity contribution in [1.29, 1.82) is 0 Å². The Kier molecular flexibility index (Phi) is 8.49. The number of rotatable bonds is 10. The summed E-state index contributed by atoms with van der Waals surface area (Å²) in [5.74, 6) is 0.116. The molecule has 0 aliphatic rings. The quantitative estimate of drug-likeness (QED) is 0.388. The molecule has 2 aromatic rings. The van der Waals surface area contributed by atoms with Gasteiger partial charge in [0.05, 0.1) is 15.5 Å². The first-order chi connectivity index (χ1) is 14.5. The zero-order valence-electron chi connectivity index (χ0n) is 17.6. The van der Waals surface area contributed by atoms with Gasteiger partial charge in [0.15, 0.2) is 0 Å². The molecular weight excluding hydrogens is 462 g/mol. The number of nitrogens with zero attached hydrogens (tertiary/aromatic N) is 1. The van der Waals surface area contributed by atoms with Crippen LogP contribution in [0.3, 0.4) is 0 Å². The van der Waals surface area contributed by atoms with E-state index in [2.05, 4.69) is 10.0 Å². The van der Waals surface area contributed by atoms with Gasteiger partial charge < -0.3 is 10.1 Å². The van der Waals surface area contributed by atoms with Crippen molar-refractivity contribution in [3.8, 4) is 5.75 Å². The van der Waals surface area contributed by atoms with Crippen molar-refractivity contribution in [3.05, 3.63) is 42.5 Å². The van der Waals surface area contributed by atoms with Gasteiger partial charge in [-0.3, -0.25) is 4.79 Å². The van der Waals surface area contributed by atoms with Crippen LogP contribution in [0.5, 0.6) is 5.75 Å². The Morgan fingerprint density at radius 1 is 1.03 bits per heavy atom. The van der Waals surface area contributed by atoms with Crippen molar-refractivity contribution in [2.45, 2.75) is 21.6 Å². The van der Waals surface area contributed by atoms with Crippen LogP contribution in [0.25, 0.3) is 0 Å². The smallest absolute Gasteiger partial charge is 0.242 e. The van der Waals surface area contributed by atoms with Crippen molar-refractivity contribution >= 4 is 43.4 Å². The third-order valence-corrected chi connectivity index (χ3v) is 8.14. The largest absolute Gasteiger partial charge is 0.492 e. The van der Waals surface area contributed by atoms with Gasteiger partial charge in [0, 0.05) is 32.5 Å². The fourth-order valence-corrected chi connectivity index (χ4v) is 4.96. The highest BCUT2D eigenvalue weighted by Crippen LogP contribution is 2.28. The molecule has 0 saturated heterocycles. The average Bonchev–Trinajstić information content (AvgIpc) is 2.71. The second kappa shape index (κ2) is 10.5. The average molecular weight is 488 g/mol. The Morgan fingerprint density at radius 2 is 1.65 bits per heavy atom. The third kappa shape index (κ3) is 6.68. The molecule has 0 bridgehead atoms. The first kappa shape index (κ1) is 25.1. The molecule has 31 heavy (non-hydrogen) atoms. The minimum Gasteiger partial charge on any atom is -0.492 e. The summed E-state index contributed by atoms with van der Waals surface area (Å²) in [6.45, 7) is 1.39. The molecule has 0 aromatic heterocycles. The number of nitrogens with one attached hydrogen (secondary N) is 2. The minimum absolute atomic E-state index is 0.000168. The molecule has 1 amide bonds. The maximum Gasteiger partial charge on any atom is 0.242 e. The molecule has 0 unspecified atom stereocenters. The highest BCUT2D eigenvalue weighted by atomic mass is 32.2. The predicted molar refractivity (Wildman–Crippen MR) is 121 cm³/mol. The maximum absolute atomic E-state index is 12.5. The van der Waals surface area contributed by atoms with Crippen LogP contribution in [0.15, 0.2) is 57.2 Å². The van der Waals surface area contributed by atoms with Crippen molar-refractivity contribution in [1.82, 2.24) is 9.03 Å². The van der Waals surface area contributed by atoms with Crippen LogP contribution in [0, 0.1) is 0 Å². The summed E-state index contributed by atoms with van der Waals surface area (Å²) < 4.78 is 58.2. The molecule has 2 aromatic carbocycles. The number of carbonyl (C=O) groups excluding carboxylic acids is 1. The Balaban J connectivity index is 1.98. The first-order valence-corrected chi connectivity index (χ1v) is 13.2. The summed E-state index contributed by atoms with van der Waals surface area (Å²) in [6, 6.07) is 10.4. The van der Waals surface area contributed by atoms with E-state index in [4.69, 9.17) is 4.74 Å². The van der Waals surface area contributed by atoms with E-state index in [-0.39, 0.29) is 28.8 Å². The lowest BCUT2D eigenvalue weighted by Gasteiger charge is -2.13. The van der Waals surface area contributed by atoms with Gasteiger partial charge in [-0.05, 0) is 48.7 Å². The molecule has 0 radical (unpaired) electrons. The topological polar surface area (TPSA) is 122 Å². The monoisotopic (exact) mass is 487 g/mol. The second-order valence-corrected chi connectivity index (χ2v) is 11.3. The lowest BCUT2D eigenvalue weighted by molar-refractivity contribution is -0.114. The van der Waals surface area contributed by atoms with Crippen molar-refractivity contribution in [2.24, 2.45) is 0 Å². The number of amides is 1. The van der Waals surface area contributed by atoms with Crippen LogP contribution < -0.4 is 14.8 Å². The van der Waals surface area contributed by atoms with Gasteiger partial charge in [0.1, 0.15) is 12.4 Å². The number of thioether (sulfide) groups is 1. The van der Waals surface area contributed by atoms with E-state index in [0.717, 1.165) is 9.20 Å². The molecular formula is C19H25N3O6S3. The lowest BCUT2D eigenvalue weighted by atomic mass is 10.3. The van der Waals surface area contributed by atoms with Gasteiger partial charge >= 0.3 is 0 Å². The molecule has 12 heteroatoms. The molecule has 0 heterocycles. The van der Waals surface area contributed by atoms with Crippen molar-refractivity contribution in [2.75, 3.05) is 38.8 Å². The van der Waals surface area contributed by atoms with Crippen LogP contribution in [-0.2, 0) is 24.8 Å². The molecule has 0 aliphatic carbocycles.